The molecule has 18 heavy (non-hydrogen) atoms. The molecule has 1 heterocycles. The highest BCUT2D eigenvalue weighted by Crippen LogP contribution is 2.28. The molecule has 0 radical (unpaired) electrons. The molecule has 0 amide bonds. The number of hydrogen-bond donors (Lipinski definition) is 1. The van der Waals surface area contributed by atoms with Crippen molar-refractivity contribution in [2.24, 2.45) is 0 Å². The van der Waals surface area contributed by atoms with Gasteiger partial charge in [-0.15, -0.1) is 10.2 Å². The Balaban J connectivity index is 2.13. The van der Waals surface area contributed by atoms with Crippen LogP contribution in [0.5, 0.6) is 0 Å². The van der Waals surface area contributed by atoms with Crippen LogP contribution in [-0.4, -0.2) is 23.8 Å². The van der Waals surface area contributed by atoms with Crippen molar-refractivity contribution in [1.82, 2.24) is 15.5 Å². The van der Waals surface area contributed by atoms with Gasteiger partial charge in [0.25, 0.3) is 0 Å². The van der Waals surface area contributed by atoms with E-state index < -0.39 is 0 Å². The zero-order chi connectivity index (χ0) is 13.0. The maximum absolute atomic E-state index is 4.29. The van der Waals surface area contributed by atoms with Crippen LogP contribution in [0.3, 0.4) is 0 Å². The molecule has 0 saturated carbocycles. The Labute approximate surface area is 120 Å². The first-order chi connectivity index (χ1) is 8.70. The first kappa shape index (κ1) is 13.6. The second kappa shape index (κ2) is 6.41. The molecule has 0 unspecified atom stereocenters. The molecular formula is C13H16BrN3S. The fourth-order valence-corrected chi connectivity index (χ4v) is 3.19. The van der Waals surface area contributed by atoms with Crippen LogP contribution in [0.15, 0.2) is 22.7 Å². The van der Waals surface area contributed by atoms with Gasteiger partial charge in [0, 0.05) is 16.5 Å². The second-order valence-electron chi connectivity index (χ2n) is 4.17. The second-order valence-corrected chi connectivity index (χ2v) is 6.15. The number of nitrogens with one attached hydrogen (secondary N) is 1. The number of benzene rings is 1. The van der Waals surface area contributed by atoms with Crippen molar-refractivity contribution in [1.29, 1.82) is 0 Å². The van der Waals surface area contributed by atoms with Gasteiger partial charge >= 0.3 is 0 Å². The lowest BCUT2D eigenvalue weighted by Crippen LogP contribution is -2.08. The third kappa shape index (κ3) is 3.37. The van der Waals surface area contributed by atoms with Gasteiger partial charge in [-0.1, -0.05) is 33.3 Å². The van der Waals surface area contributed by atoms with Gasteiger partial charge in [-0.3, -0.25) is 0 Å². The van der Waals surface area contributed by atoms with Crippen molar-refractivity contribution in [2.75, 3.05) is 13.6 Å². The summed E-state index contributed by atoms with van der Waals surface area (Å²) in [6.07, 6.45) is 2.10. The number of hydrogen-bond acceptors (Lipinski definition) is 4. The van der Waals surface area contributed by atoms with Crippen molar-refractivity contribution in [3.8, 4) is 10.6 Å². The quantitative estimate of drug-likeness (QED) is 0.856. The van der Waals surface area contributed by atoms with E-state index in [0.717, 1.165) is 33.9 Å². The molecule has 0 aliphatic carbocycles. The topological polar surface area (TPSA) is 37.8 Å². The van der Waals surface area contributed by atoms with Crippen LogP contribution in [0.1, 0.15) is 17.0 Å². The zero-order valence-electron chi connectivity index (χ0n) is 10.5. The lowest BCUT2D eigenvalue weighted by molar-refractivity contribution is 0.718. The zero-order valence-corrected chi connectivity index (χ0v) is 12.9. The van der Waals surface area contributed by atoms with Gasteiger partial charge in [0.05, 0.1) is 0 Å². The lowest BCUT2D eigenvalue weighted by Gasteiger charge is -2.01. The molecule has 1 aromatic heterocycles. The normalized spacial score (nSPS) is 10.8. The average molecular weight is 326 g/mol. The molecule has 0 aliphatic rings. The van der Waals surface area contributed by atoms with E-state index in [1.54, 1.807) is 11.3 Å². The number of rotatable bonds is 5. The Morgan fingerprint density at radius 1 is 1.33 bits per heavy atom. The maximum Gasteiger partial charge on any atom is 0.148 e. The van der Waals surface area contributed by atoms with Crippen LogP contribution < -0.4 is 5.32 Å². The summed E-state index contributed by atoms with van der Waals surface area (Å²) in [7, 11) is 1.97. The first-order valence-corrected chi connectivity index (χ1v) is 7.55. The summed E-state index contributed by atoms with van der Waals surface area (Å²) in [6, 6.07) is 6.25. The van der Waals surface area contributed by atoms with Crippen LogP contribution >= 0.6 is 27.3 Å². The van der Waals surface area contributed by atoms with Gasteiger partial charge in [-0.2, -0.15) is 0 Å². The lowest BCUT2D eigenvalue weighted by atomic mass is 10.1. The van der Waals surface area contributed by atoms with Crippen molar-refractivity contribution >= 4 is 27.3 Å². The Morgan fingerprint density at radius 2 is 2.17 bits per heavy atom. The van der Waals surface area contributed by atoms with Gasteiger partial charge in [0.2, 0.25) is 0 Å². The van der Waals surface area contributed by atoms with E-state index in [0.29, 0.717) is 0 Å². The van der Waals surface area contributed by atoms with Crippen molar-refractivity contribution < 1.29 is 0 Å². The number of nitrogens with zero attached hydrogens (tertiary/aromatic N) is 2. The Morgan fingerprint density at radius 3 is 2.89 bits per heavy atom. The molecule has 0 atom stereocenters. The molecule has 3 nitrogen and oxygen atoms in total. The molecule has 0 bridgehead atoms. The molecule has 0 saturated heterocycles. The van der Waals surface area contributed by atoms with Crippen LogP contribution in [0, 0.1) is 6.92 Å². The highest BCUT2D eigenvalue weighted by atomic mass is 79.9. The molecule has 0 aliphatic heterocycles. The molecule has 5 heteroatoms. The van der Waals surface area contributed by atoms with E-state index >= 15 is 0 Å². The Kier molecular flexibility index (Phi) is 4.86. The van der Waals surface area contributed by atoms with Gasteiger partial charge in [-0.25, -0.2) is 0 Å². The summed E-state index contributed by atoms with van der Waals surface area (Å²) in [4.78, 5) is 0. The highest BCUT2D eigenvalue weighted by Gasteiger charge is 2.09. The monoisotopic (exact) mass is 325 g/mol. The van der Waals surface area contributed by atoms with Gasteiger partial charge < -0.3 is 5.32 Å². The Hall–Kier alpha value is -0.780. The molecule has 1 N–H and O–H groups in total. The SMILES string of the molecule is CNCCCc1nnc(-c2ccc(Br)cc2C)s1. The van der Waals surface area contributed by atoms with Crippen LogP contribution in [0.2, 0.25) is 0 Å². The minimum atomic E-state index is 0.994. The fourth-order valence-electron chi connectivity index (χ4n) is 1.75. The molecule has 2 aromatic rings. The predicted molar refractivity (Wildman–Crippen MR) is 80.0 cm³/mol. The van der Waals surface area contributed by atoms with Gasteiger partial charge in [0.1, 0.15) is 10.0 Å². The van der Waals surface area contributed by atoms with Crippen LogP contribution in [0.25, 0.3) is 10.6 Å². The highest BCUT2D eigenvalue weighted by molar-refractivity contribution is 9.10. The summed E-state index contributed by atoms with van der Waals surface area (Å²) in [5, 5.41) is 13.8. The van der Waals surface area contributed by atoms with Crippen molar-refractivity contribution in [3.63, 3.8) is 0 Å². The third-order valence-electron chi connectivity index (χ3n) is 2.70. The fraction of sp³-hybridized carbons (Fsp3) is 0.385. The molecule has 2 rings (SSSR count). The van der Waals surface area contributed by atoms with E-state index in [2.05, 4.69) is 50.5 Å². The molecular weight excluding hydrogens is 310 g/mol. The average Bonchev–Trinajstić information content (AvgIpc) is 2.78. The van der Waals surface area contributed by atoms with E-state index in [-0.39, 0.29) is 0 Å². The Bertz CT molecular complexity index is 525. The van der Waals surface area contributed by atoms with E-state index in [4.69, 9.17) is 0 Å². The summed E-state index contributed by atoms with van der Waals surface area (Å²) in [6.45, 7) is 3.12. The van der Waals surface area contributed by atoms with E-state index in [1.165, 1.54) is 11.1 Å². The first-order valence-electron chi connectivity index (χ1n) is 5.94. The maximum atomic E-state index is 4.29. The third-order valence-corrected chi connectivity index (χ3v) is 4.21. The predicted octanol–water partition coefficient (Wildman–Crippen LogP) is 3.43. The molecule has 96 valence electrons. The van der Waals surface area contributed by atoms with Crippen LogP contribution in [-0.2, 0) is 6.42 Å². The smallest absolute Gasteiger partial charge is 0.148 e. The number of halogens is 1. The molecule has 1 aromatic carbocycles. The van der Waals surface area contributed by atoms with E-state index in [1.807, 2.05) is 13.1 Å². The van der Waals surface area contributed by atoms with Crippen molar-refractivity contribution in [2.45, 2.75) is 19.8 Å². The standard InChI is InChI=1S/C13H16BrN3S/c1-9-8-10(14)5-6-11(9)13-17-16-12(18-13)4-3-7-15-2/h5-6,8,15H,3-4,7H2,1-2H3. The summed E-state index contributed by atoms with van der Waals surface area (Å²) in [5.74, 6) is 0. The minimum Gasteiger partial charge on any atom is -0.320 e. The number of aryl methyl sites for hydroxylation is 2. The number of aromatic nitrogens is 2. The summed E-state index contributed by atoms with van der Waals surface area (Å²) >= 11 is 5.17. The summed E-state index contributed by atoms with van der Waals surface area (Å²) < 4.78 is 1.10. The van der Waals surface area contributed by atoms with Crippen molar-refractivity contribution in [3.05, 3.63) is 33.2 Å². The van der Waals surface area contributed by atoms with Gasteiger partial charge in [0.15, 0.2) is 0 Å². The molecule has 0 spiro atoms. The summed E-state index contributed by atoms with van der Waals surface area (Å²) in [5.41, 5.74) is 2.40. The van der Waals surface area contributed by atoms with Crippen LogP contribution in [0.4, 0.5) is 0 Å². The molecule has 0 fully saturated rings. The van der Waals surface area contributed by atoms with Gasteiger partial charge in [-0.05, 0) is 44.6 Å². The largest absolute Gasteiger partial charge is 0.320 e. The van der Waals surface area contributed by atoms with E-state index in [9.17, 15) is 0 Å². The minimum absolute atomic E-state index is 0.994.